The number of benzene rings is 1. The van der Waals surface area contributed by atoms with Gasteiger partial charge in [-0.2, -0.15) is 5.26 Å². The first-order valence-electron chi connectivity index (χ1n) is 13.4. The van der Waals surface area contributed by atoms with Gasteiger partial charge >= 0.3 is 6.09 Å². The summed E-state index contributed by atoms with van der Waals surface area (Å²) in [5.41, 5.74) is 1.95. The highest BCUT2D eigenvalue weighted by Crippen LogP contribution is 2.41. The number of fused-ring (bicyclic) bond motifs is 3. The first kappa shape index (κ1) is 25.4. The standard InChI is InChI=1S/C28H30N6O4S/c29-14-10-19-6-8-21(9-7-19)34-25-23-13-17-33(39(37,38)22-4-2-1-3-5-22)27(23)30-18-24(25)31-26(34)20-11-15-32(16-12-20)28(35)36/h1-5,13,17-21H,6-12,15-16H2,(H,35,36)/t19-,21-. The Kier molecular flexibility index (Phi) is 6.51. The molecule has 11 heteroatoms. The highest BCUT2D eigenvalue weighted by atomic mass is 32.2. The van der Waals surface area contributed by atoms with E-state index in [1.165, 1.54) is 8.87 Å². The van der Waals surface area contributed by atoms with Crippen molar-refractivity contribution in [3.05, 3.63) is 54.6 Å². The lowest BCUT2D eigenvalue weighted by molar-refractivity contribution is 0.130. The summed E-state index contributed by atoms with van der Waals surface area (Å²) in [4.78, 5) is 22.7. The van der Waals surface area contributed by atoms with Crippen LogP contribution < -0.4 is 0 Å². The van der Waals surface area contributed by atoms with Gasteiger partial charge in [-0.3, -0.25) is 0 Å². The molecule has 0 atom stereocenters. The van der Waals surface area contributed by atoms with Crippen molar-refractivity contribution in [2.45, 2.75) is 61.8 Å². The molecule has 1 aliphatic carbocycles. The Bertz CT molecular complexity index is 1670. The van der Waals surface area contributed by atoms with Crippen LogP contribution in [0.5, 0.6) is 0 Å². The Morgan fingerprint density at radius 1 is 1.05 bits per heavy atom. The van der Waals surface area contributed by atoms with E-state index in [4.69, 9.17) is 4.98 Å². The zero-order valence-electron chi connectivity index (χ0n) is 21.5. The van der Waals surface area contributed by atoms with E-state index in [1.807, 2.05) is 6.07 Å². The summed E-state index contributed by atoms with van der Waals surface area (Å²) in [6, 6.07) is 12.6. The van der Waals surface area contributed by atoms with Gasteiger partial charge in [0, 0.05) is 43.1 Å². The molecule has 1 amide bonds. The van der Waals surface area contributed by atoms with Crippen molar-refractivity contribution in [3.8, 4) is 6.07 Å². The molecule has 0 radical (unpaired) electrons. The molecule has 202 valence electrons. The van der Waals surface area contributed by atoms with Crippen molar-refractivity contribution >= 4 is 38.2 Å². The number of aromatic nitrogens is 4. The monoisotopic (exact) mass is 546 g/mol. The van der Waals surface area contributed by atoms with Gasteiger partial charge in [0.1, 0.15) is 11.3 Å². The molecule has 2 fully saturated rings. The summed E-state index contributed by atoms with van der Waals surface area (Å²) in [5.74, 6) is 1.41. The number of carboxylic acid groups (broad SMARTS) is 1. The van der Waals surface area contributed by atoms with Crippen LogP contribution in [-0.4, -0.2) is 56.1 Å². The van der Waals surface area contributed by atoms with Crippen molar-refractivity contribution in [1.29, 1.82) is 5.26 Å². The van der Waals surface area contributed by atoms with Gasteiger partial charge in [0.05, 0.1) is 22.7 Å². The second-order valence-electron chi connectivity index (χ2n) is 10.6. The molecule has 1 aromatic carbocycles. The number of imidazole rings is 1. The molecule has 0 bridgehead atoms. The SMILES string of the molecule is N#CC[C@H]1CC[C@H](n2c(C3CCN(C(=O)O)CC3)nc3cnc4c(ccn4S(=O)(=O)c4ccccc4)c32)CC1. The number of nitriles is 1. The number of piperidine rings is 1. The highest BCUT2D eigenvalue weighted by molar-refractivity contribution is 7.90. The van der Waals surface area contributed by atoms with Crippen LogP contribution >= 0.6 is 0 Å². The highest BCUT2D eigenvalue weighted by Gasteiger charge is 2.33. The van der Waals surface area contributed by atoms with Crippen molar-refractivity contribution in [2.75, 3.05) is 13.1 Å². The molecule has 1 saturated heterocycles. The van der Waals surface area contributed by atoms with E-state index in [2.05, 4.69) is 15.6 Å². The van der Waals surface area contributed by atoms with E-state index in [0.717, 1.165) is 42.4 Å². The van der Waals surface area contributed by atoms with Crippen LogP contribution in [0.15, 0.2) is 53.7 Å². The van der Waals surface area contributed by atoms with Crippen LogP contribution in [0.1, 0.15) is 62.7 Å². The molecule has 4 heterocycles. The van der Waals surface area contributed by atoms with Crippen molar-refractivity contribution in [1.82, 2.24) is 23.4 Å². The largest absolute Gasteiger partial charge is 0.465 e. The van der Waals surface area contributed by atoms with E-state index in [9.17, 15) is 23.6 Å². The molecule has 4 aromatic rings. The maximum Gasteiger partial charge on any atom is 0.407 e. The lowest BCUT2D eigenvalue weighted by atomic mass is 9.84. The summed E-state index contributed by atoms with van der Waals surface area (Å²) in [7, 11) is -3.84. The zero-order valence-corrected chi connectivity index (χ0v) is 22.3. The average molecular weight is 547 g/mol. The molecular formula is C28H30N6O4S. The molecule has 10 nitrogen and oxygen atoms in total. The van der Waals surface area contributed by atoms with Gasteiger partial charge in [-0.1, -0.05) is 18.2 Å². The predicted molar refractivity (Wildman–Crippen MR) is 145 cm³/mol. The Morgan fingerprint density at radius 3 is 2.44 bits per heavy atom. The van der Waals surface area contributed by atoms with Crippen LogP contribution in [-0.2, 0) is 10.0 Å². The minimum atomic E-state index is -3.84. The van der Waals surface area contributed by atoms with Crippen molar-refractivity contribution in [3.63, 3.8) is 0 Å². The molecule has 6 rings (SSSR count). The van der Waals surface area contributed by atoms with Gasteiger partial charge in [0.2, 0.25) is 0 Å². The zero-order chi connectivity index (χ0) is 27.1. The number of pyridine rings is 1. The van der Waals surface area contributed by atoms with E-state index in [0.29, 0.717) is 49.4 Å². The molecule has 39 heavy (non-hydrogen) atoms. The first-order valence-corrected chi connectivity index (χ1v) is 14.9. The van der Waals surface area contributed by atoms with Gasteiger partial charge in [-0.15, -0.1) is 0 Å². The van der Waals surface area contributed by atoms with Gasteiger partial charge < -0.3 is 14.6 Å². The van der Waals surface area contributed by atoms with Gasteiger partial charge in [0.15, 0.2) is 5.65 Å². The second kappa shape index (κ2) is 10.0. The summed E-state index contributed by atoms with van der Waals surface area (Å²) in [6.45, 7) is 0.912. The Labute approximate surface area is 226 Å². The fourth-order valence-electron chi connectivity index (χ4n) is 6.29. The minimum Gasteiger partial charge on any atom is -0.465 e. The molecule has 1 aliphatic heterocycles. The summed E-state index contributed by atoms with van der Waals surface area (Å²) < 4.78 is 30.5. The average Bonchev–Trinajstić information content (AvgIpc) is 3.56. The van der Waals surface area contributed by atoms with Crippen molar-refractivity contribution in [2.24, 2.45) is 5.92 Å². The maximum atomic E-state index is 13.5. The van der Waals surface area contributed by atoms with Crippen LogP contribution in [0, 0.1) is 17.2 Å². The minimum absolute atomic E-state index is 0.0926. The molecule has 2 aliphatic rings. The molecule has 1 N–H and O–H groups in total. The third-order valence-electron chi connectivity index (χ3n) is 8.35. The molecule has 1 saturated carbocycles. The molecular weight excluding hydrogens is 516 g/mol. The van der Waals surface area contributed by atoms with Gasteiger partial charge in [0.25, 0.3) is 10.0 Å². The predicted octanol–water partition coefficient (Wildman–Crippen LogP) is 5.13. The molecule has 3 aromatic heterocycles. The Balaban J connectivity index is 1.47. The van der Waals surface area contributed by atoms with Crippen molar-refractivity contribution < 1.29 is 18.3 Å². The third kappa shape index (κ3) is 4.42. The van der Waals surface area contributed by atoms with E-state index >= 15 is 0 Å². The number of amides is 1. The fourth-order valence-corrected chi connectivity index (χ4v) is 7.61. The Hall–Kier alpha value is -3.91. The number of likely N-dealkylation sites (tertiary alicyclic amines) is 1. The summed E-state index contributed by atoms with van der Waals surface area (Å²) >= 11 is 0. The van der Waals surface area contributed by atoms with Crippen LogP contribution in [0.25, 0.3) is 22.1 Å². The Morgan fingerprint density at radius 2 is 1.77 bits per heavy atom. The fraction of sp³-hybridized carbons (Fsp3) is 0.429. The van der Waals surface area contributed by atoms with E-state index in [1.54, 1.807) is 42.7 Å². The van der Waals surface area contributed by atoms with Crippen LogP contribution in [0.4, 0.5) is 4.79 Å². The maximum absolute atomic E-state index is 13.5. The quantitative estimate of drug-likeness (QED) is 0.367. The molecule has 0 unspecified atom stereocenters. The number of nitrogens with zero attached hydrogens (tertiary/aromatic N) is 6. The first-order chi connectivity index (χ1) is 18.9. The number of rotatable bonds is 5. The van der Waals surface area contributed by atoms with Gasteiger partial charge in [-0.05, 0) is 62.6 Å². The van der Waals surface area contributed by atoms with E-state index < -0.39 is 16.1 Å². The van der Waals surface area contributed by atoms with Crippen LogP contribution in [0.3, 0.4) is 0 Å². The smallest absolute Gasteiger partial charge is 0.407 e. The number of carbonyl (C=O) groups is 1. The normalized spacial score (nSPS) is 20.8. The van der Waals surface area contributed by atoms with E-state index in [-0.39, 0.29) is 16.9 Å². The lowest BCUT2D eigenvalue weighted by Crippen LogP contribution is -2.37. The summed E-state index contributed by atoms with van der Waals surface area (Å²) in [6.07, 6.45) is 7.96. The lowest BCUT2D eigenvalue weighted by Gasteiger charge is -2.33. The topological polar surface area (TPSA) is 134 Å². The third-order valence-corrected chi connectivity index (χ3v) is 10.0. The summed E-state index contributed by atoms with van der Waals surface area (Å²) in [5, 5.41) is 19.3. The van der Waals surface area contributed by atoms with Crippen LogP contribution in [0.2, 0.25) is 0 Å². The second-order valence-corrected chi connectivity index (χ2v) is 12.4. The molecule has 0 spiro atoms. The van der Waals surface area contributed by atoms with Gasteiger partial charge in [-0.25, -0.2) is 27.2 Å². The number of hydrogen-bond donors (Lipinski definition) is 1. The number of hydrogen-bond acceptors (Lipinski definition) is 6.